The highest BCUT2D eigenvalue weighted by Gasteiger charge is 2.16. The number of ether oxygens (including phenoxy) is 2. The summed E-state index contributed by atoms with van der Waals surface area (Å²) < 4.78 is 36.0. The molecule has 0 aromatic heterocycles. The number of aryl methyl sites for hydroxylation is 1. The molecule has 0 saturated carbocycles. The van der Waals surface area contributed by atoms with Crippen LogP contribution in [0.5, 0.6) is 5.75 Å². The fraction of sp³-hybridized carbons (Fsp3) is 0.417. The Hall–Kier alpha value is -2.48. The number of rotatable bonds is 12. The maximum absolute atomic E-state index is 12.5. The summed E-state index contributed by atoms with van der Waals surface area (Å²) in [5.74, 6) is -0.108. The first-order valence-electron chi connectivity index (χ1n) is 10.6. The Labute approximate surface area is 195 Å². The van der Waals surface area contributed by atoms with Gasteiger partial charge >= 0.3 is 5.97 Å². The maximum Gasteiger partial charge on any atom is 0.306 e. The van der Waals surface area contributed by atoms with Crippen molar-refractivity contribution < 1.29 is 27.8 Å². The van der Waals surface area contributed by atoms with Crippen LogP contribution in [0.1, 0.15) is 50.2 Å². The molecule has 174 valence electrons. The van der Waals surface area contributed by atoms with Crippen molar-refractivity contribution in [2.24, 2.45) is 0 Å². The summed E-state index contributed by atoms with van der Waals surface area (Å²) in [7, 11) is 0. The molecule has 0 aliphatic heterocycles. The van der Waals surface area contributed by atoms with Crippen molar-refractivity contribution >= 4 is 33.5 Å². The third-order valence-corrected chi connectivity index (χ3v) is 5.35. The number of hydrogen-bond donors (Lipinski definition) is 1. The molecule has 2 aromatic carbocycles. The van der Waals surface area contributed by atoms with Crippen molar-refractivity contribution in [2.75, 3.05) is 18.5 Å². The van der Waals surface area contributed by atoms with E-state index in [0.717, 1.165) is 16.5 Å². The van der Waals surface area contributed by atoms with E-state index in [9.17, 15) is 18.4 Å². The van der Waals surface area contributed by atoms with Crippen LogP contribution >= 0.6 is 15.9 Å². The first kappa shape index (κ1) is 25.8. The first-order valence-corrected chi connectivity index (χ1v) is 11.4. The minimum atomic E-state index is -2.57. The standard InChI is InChI=1S/C24H28BrF2NO4/c1-3-16(14-24(30)31-4-2)17-6-5-7-20(13-17)28-23(29)11-8-18-12-19(25)9-10-21(18)32-15-22(26)27/h5-7,9-10,12-13,16,22H,3-4,8,11,14-15H2,1-2H3,(H,28,29)/t16-/m1/s1. The highest BCUT2D eigenvalue weighted by Crippen LogP contribution is 2.27. The van der Waals surface area contributed by atoms with Gasteiger partial charge in [-0.15, -0.1) is 0 Å². The Morgan fingerprint density at radius 3 is 2.59 bits per heavy atom. The maximum atomic E-state index is 12.5. The molecule has 1 atom stereocenters. The predicted octanol–water partition coefficient (Wildman–Crippen LogP) is 6.11. The Morgan fingerprint density at radius 2 is 1.91 bits per heavy atom. The van der Waals surface area contributed by atoms with E-state index in [2.05, 4.69) is 21.2 Å². The summed E-state index contributed by atoms with van der Waals surface area (Å²) in [5.41, 5.74) is 2.26. The zero-order valence-electron chi connectivity index (χ0n) is 18.2. The molecule has 0 aliphatic rings. The van der Waals surface area contributed by atoms with Crippen LogP contribution in [0.25, 0.3) is 0 Å². The average molecular weight is 512 g/mol. The zero-order chi connectivity index (χ0) is 23.5. The highest BCUT2D eigenvalue weighted by atomic mass is 79.9. The topological polar surface area (TPSA) is 64.6 Å². The van der Waals surface area contributed by atoms with Crippen LogP contribution in [0, 0.1) is 0 Å². The first-order chi connectivity index (χ1) is 15.3. The monoisotopic (exact) mass is 511 g/mol. The average Bonchev–Trinajstić information content (AvgIpc) is 2.75. The van der Waals surface area contributed by atoms with Crippen LogP contribution < -0.4 is 10.1 Å². The van der Waals surface area contributed by atoms with E-state index >= 15 is 0 Å². The van der Waals surface area contributed by atoms with Gasteiger partial charge in [-0.1, -0.05) is 35.0 Å². The Bertz CT molecular complexity index is 907. The lowest BCUT2D eigenvalue weighted by atomic mass is 9.93. The van der Waals surface area contributed by atoms with E-state index in [1.807, 2.05) is 25.1 Å². The van der Waals surface area contributed by atoms with Gasteiger partial charge in [0.1, 0.15) is 12.4 Å². The molecule has 8 heteroatoms. The van der Waals surface area contributed by atoms with E-state index < -0.39 is 13.0 Å². The van der Waals surface area contributed by atoms with Crippen LogP contribution in [0.2, 0.25) is 0 Å². The van der Waals surface area contributed by atoms with Crippen molar-refractivity contribution in [3.8, 4) is 5.75 Å². The number of hydrogen-bond acceptors (Lipinski definition) is 4. The summed E-state index contributed by atoms with van der Waals surface area (Å²) in [5, 5.41) is 2.87. The number of esters is 1. The summed E-state index contributed by atoms with van der Waals surface area (Å²) in [6, 6.07) is 12.5. The molecule has 1 N–H and O–H groups in total. The molecular formula is C24H28BrF2NO4. The highest BCUT2D eigenvalue weighted by molar-refractivity contribution is 9.10. The largest absolute Gasteiger partial charge is 0.487 e. The second-order valence-electron chi connectivity index (χ2n) is 7.24. The third-order valence-electron chi connectivity index (χ3n) is 4.86. The molecule has 2 aromatic rings. The number of benzene rings is 2. The van der Waals surface area contributed by atoms with Crippen LogP contribution in [0.15, 0.2) is 46.9 Å². The number of carbonyl (C=O) groups excluding carboxylic acids is 2. The summed E-state index contributed by atoms with van der Waals surface area (Å²) in [6.07, 6.45) is -1.03. The lowest BCUT2D eigenvalue weighted by molar-refractivity contribution is -0.143. The van der Waals surface area contributed by atoms with Crippen LogP contribution in [-0.4, -0.2) is 31.5 Å². The molecule has 0 radical (unpaired) electrons. The molecule has 0 bridgehead atoms. The van der Waals surface area contributed by atoms with Crippen LogP contribution in [-0.2, 0) is 20.7 Å². The minimum absolute atomic E-state index is 0.00196. The summed E-state index contributed by atoms with van der Waals surface area (Å²) >= 11 is 3.35. The quantitative estimate of drug-likeness (QED) is 0.349. The van der Waals surface area contributed by atoms with Crippen molar-refractivity contribution in [1.82, 2.24) is 0 Å². The van der Waals surface area contributed by atoms with Crippen LogP contribution in [0.4, 0.5) is 14.5 Å². The number of amides is 1. The van der Waals surface area contributed by atoms with Gasteiger partial charge < -0.3 is 14.8 Å². The van der Waals surface area contributed by atoms with Crippen molar-refractivity contribution in [1.29, 1.82) is 0 Å². The molecule has 0 fully saturated rings. The lowest BCUT2D eigenvalue weighted by Gasteiger charge is -2.16. The molecule has 0 aliphatic carbocycles. The molecule has 2 rings (SSSR count). The minimum Gasteiger partial charge on any atom is -0.487 e. The molecule has 32 heavy (non-hydrogen) atoms. The molecule has 0 unspecified atom stereocenters. The van der Waals surface area contributed by atoms with Gasteiger partial charge in [0.05, 0.1) is 13.0 Å². The van der Waals surface area contributed by atoms with Crippen molar-refractivity contribution in [2.45, 2.75) is 51.9 Å². The van der Waals surface area contributed by atoms with Crippen molar-refractivity contribution in [3.63, 3.8) is 0 Å². The molecule has 0 heterocycles. The summed E-state index contributed by atoms with van der Waals surface area (Å²) in [4.78, 5) is 24.4. The Kier molecular flexibility index (Phi) is 10.6. The van der Waals surface area contributed by atoms with Gasteiger partial charge in [-0.25, -0.2) is 8.78 Å². The van der Waals surface area contributed by atoms with Gasteiger partial charge in [-0.2, -0.15) is 0 Å². The molecule has 0 spiro atoms. The number of alkyl halides is 2. The van der Waals surface area contributed by atoms with E-state index in [0.29, 0.717) is 30.0 Å². The number of carbonyl (C=O) groups is 2. The number of nitrogens with one attached hydrogen (secondary N) is 1. The second-order valence-corrected chi connectivity index (χ2v) is 8.16. The lowest BCUT2D eigenvalue weighted by Crippen LogP contribution is -2.14. The second kappa shape index (κ2) is 13.2. The van der Waals surface area contributed by atoms with Gasteiger partial charge in [-0.3, -0.25) is 9.59 Å². The fourth-order valence-electron chi connectivity index (χ4n) is 3.30. The Morgan fingerprint density at radius 1 is 1.12 bits per heavy atom. The number of anilines is 1. The molecule has 5 nitrogen and oxygen atoms in total. The van der Waals surface area contributed by atoms with E-state index in [1.165, 1.54) is 0 Å². The van der Waals surface area contributed by atoms with E-state index in [-0.39, 0.29) is 30.6 Å². The van der Waals surface area contributed by atoms with E-state index in [1.54, 1.807) is 31.2 Å². The third kappa shape index (κ3) is 8.57. The SMILES string of the molecule is CCOC(=O)C[C@@H](CC)c1cccc(NC(=O)CCc2cc(Br)ccc2OCC(F)F)c1. The molecular weight excluding hydrogens is 484 g/mol. The fourth-order valence-corrected chi connectivity index (χ4v) is 3.71. The van der Waals surface area contributed by atoms with Gasteiger partial charge in [-0.05, 0) is 67.1 Å². The smallest absolute Gasteiger partial charge is 0.306 e. The predicted molar refractivity (Wildman–Crippen MR) is 123 cm³/mol. The normalized spacial score (nSPS) is 11.8. The Balaban J connectivity index is 2.00. The van der Waals surface area contributed by atoms with E-state index in [4.69, 9.17) is 9.47 Å². The summed E-state index contributed by atoms with van der Waals surface area (Å²) in [6.45, 7) is 3.42. The van der Waals surface area contributed by atoms with Crippen LogP contribution in [0.3, 0.4) is 0 Å². The van der Waals surface area contributed by atoms with Gasteiger partial charge in [0.25, 0.3) is 6.43 Å². The zero-order valence-corrected chi connectivity index (χ0v) is 19.8. The van der Waals surface area contributed by atoms with Gasteiger partial charge in [0.2, 0.25) is 5.91 Å². The van der Waals surface area contributed by atoms with Crippen molar-refractivity contribution in [3.05, 3.63) is 58.1 Å². The van der Waals surface area contributed by atoms with Gasteiger partial charge in [0.15, 0.2) is 0 Å². The van der Waals surface area contributed by atoms with Gasteiger partial charge in [0, 0.05) is 16.6 Å². The molecule has 1 amide bonds. The number of halogens is 3. The molecule has 0 saturated heterocycles.